The molecule has 0 atom stereocenters. The van der Waals surface area contributed by atoms with E-state index >= 15 is 0 Å². The predicted molar refractivity (Wildman–Crippen MR) is 114 cm³/mol. The van der Waals surface area contributed by atoms with Gasteiger partial charge in [0, 0.05) is 12.1 Å². The van der Waals surface area contributed by atoms with Gasteiger partial charge in [-0.3, -0.25) is 4.79 Å². The van der Waals surface area contributed by atoms with Crippen LogP contribution in [0.5, 0.6) is 23.0 Å². The second-order valence-electron chi connectivity index (χ2n) is 6.43. The van der Waals surface area contributed by atoms with E-state index in [0.717, 1.165) is 28.5 Å². The SMILES string of the molecule is CCOc1ccc(Oc2ccc(NC(=O)CCc3ccc(OC)cc3)cc2)cc1. The Morgan fingerprint density at radius 1 is 0.793 bits per heavy atom. The van der Waals surface area contributed by atoms with Crippen LogP contribution in [0.1, 0.15) is 18.9 Å². The van der Waals surface area contributed by atoms with E-state index in [2.05, 4.69) is 5.32 Å². The van der Waals surface area contributed by atoms with Crippen molar-refractivity contribution in [2.75, 3.05) is 19.0 Å². The van der Waals surface area contributed by atoms with Gasteiger partial charge in [0.2, 0.25) is 5.91 Å². The lowest BCUT2D eigenvalue weighted by molar-refractivity contribution is -0.116. The molecule has 1 N–H and O–H groups in total. The van der Waals surface area contributed by atoms with E-state index in [9.17, 15) is 4.79 Å². The van der Waals surface area contributed by atoms with Crippen molar-refractivity contribution in [1.29, 1.82) is 0 Å². The van der Waals surface area contributed by atoms with E-state index in [4.69, 9.17) is 14.2 Å². The fourth-order valence-corrected chi connectivity index (χ4v) is 2.79. The molecule has 0 radical (unpaired) electrons. The smallest absolute Gasteiger partial charge is 0.224 e. The minimum absolute atomic E-state index is 0.0269. The van der Waals surface area contributed by atoms with E-state index < -0.39 is 0 Å². The molecular formula is C24H25NO4. The zero-order valence-corrected chi connectivity index (χ0v) is 16.7. The molecule has 0 aromatic heterocycles. The standard InChI is InChI=1S/C24H25NO4/c1-3-28-21-13-15-23(16-14-21)29-22-11-7-19(8-12-22)25-24(26)17-6-18-4-9-20(27-2)10-5-18/h4-5,7-16H,3,6,17H2,1-2H3,(H,25,26). The van der Waals surface area contributed by atoms with E-state index in [0.29, 0.717) is 25.2 Å². The van der Waals surface area contributed by atoms with Crippen LogP contribution in [0.25, 0.3) is 0 Å². The number of carbonyl (C=O) groups is 1. The zero-order valence-electron chi connectivity index (χ0n) is 16.7. The van der Waals surface area contributed by atoms with Gasteiger partial charge in [0.25, 0.3) is 0 Å². The van der Waals surface area contributed by atoms with Crippen LogP contribution in [0.15, 0.2) is 72.8 Å². The van der Waals surface area contributed by atoms with Crippen LogP contribution >= 0.6 is 0 Å². The third kappa shape index (κ3) is 6.28. The Kier molecular flexibility index (Phi) is 7.11. The van der Waals surface area contributed by atoms with Gasteiger partial charge in [-0.2, -0.15) is 0 Å². The number of methoxy groups -OCH3 is 1. The van der Waals surface area contributed by atoms with Gasteiger partial charge in [0.1, 0.15) is 23.0 Å². The summed E-state index contributed by atoms with van der Waals surface area (Å²) in [5, 5.41) is 2.91. The summed E-state index contributed by atoms with van der Waals surface area (Å²) in [6.07, 6.45) is 1.09. The first-order valence-corrected chi connectivity index (χ1v) is 9.60. The first-order valence-electron chi connectivity index (χ1n) is 9.60. The number of hydrogen-bond acceptors (Lipinski definition) is 4. The van der Waals surface area contributed by atoms with Crippen LogP contribution in [0.3, 0.4) is 0 Å². The third-order valence-electron chi connectivity index (χ3n) is 4.31. The quantitative estimate of drug-likeness (QED) is 0.526. The fourth-order valence-electron chi connectivity index (χ4n) is 2.79. The Labute approximate surface area is 171 Å². The average molecular weight is 391 g/mol. The van der Waals surface area contributed by atoms with Crippen molar-refractivity contribution < 1.29 is 19.0 Å². The van der Waals surface area contributed by atoms with Crippen LogP contribution in [-0.4, -0.2) is 19.6 Å². The number of amides is 1. The van der Waals surface area contributed by atoms with Gasteiger partial charge in [-0.15, -0.1) is 0 Å². The Bertz CT molecular complexity index is 903. The van der Waals surface area contributed by atoms with Gasteiger partial charge < -0.3 is 19.5 Å². The average Bonchev–Trinajstić information content (AvgIpc) is 2.75. The van der Waals surface area contributed by atoms with E-state index in [1.165, 1.54) is 0 Å². The molecule has 3 aromatic carbocycles. The number of nitrogens with one attached hydrogen (secondary N) is 1. The van der Waals surface area contributed by atoms with Crippen molar-refractivity contribution >= 4 is 11.6 Å². The summed E-state index contributed by atoms with van der Waals surface area (Å²) in [7, 11) is 1.64. The van der Waals surface area contributed by atoms with Gasteiger partial charge in [0.15, 0.2) is 0 Å². The van der Waals surface area contributed by atoms with Crippen molar-refractivity contribution in [3.05, 3.63) is 78.4 Å². The third-order valence-corrected chi connectivity index (χ3v) is 4.31. The molecule has 0 saturated heterocycles. The van der Waals surface area contributed by atoms with Gasteiger partial charge in [-0.1, -0.05) is 12.1 Å². The van der Waals surface area contributed by atoms with Crippen molar-refractivity contribution in [2.24, 2.45) is 0 Å². The highest BCUT2D eigenvalue weighted by molar-refractivity contribution is 5.90. The van der Waals surface area contributed by atoms with Gasteiger partial charge in [0.05, 0.1) is 13.7 Å². The van der Waals surface area contributed by atoms with Crippen molar-refractivity contribution in [3.63, 3.8) is 0 Å². The highest BCUT2D eigenvalue weighted by atomic mass is 16.5. The van der Waals surface area contributed by atoms with Crippen LogP contribution in [-0.2, 0) is 11.2 Å². The summed E-state index contributed by atoms with van der Waals surface area (Å²) in [4.78, 5) is 12.2. The molecule has 5 heteroatoms. The number of hydrogen-bond donors (Lipinski definition) is 1. The first kappa shape index (κ1) is 20.3. The molecule has 0 spiro atoms. The summed E-state index contributed by atoms with van der Waals surface area (Å²) in [5.74, 6) is 3.02. The minimum Gasteiger partial charge on any atom is -0.497 e. The lowest BCUT2D eigenvalue weighted by Gasteiger charge is -2.09. The minimum atomic E-state index is -0.0269. The number of benzene rings is 3. The maximum Gasteiger partial charge on any atom is 0.224 e. The molecule has 0 fully saturated rings. The second kappa shape index (κ2) is 10.2. The Morgan fingerprint density at radius 2 is 1.34 bits per heavy atom. The van der Waals surface area contributed by atoms with Crippen molar-refractivity contribution in [1.82, 2.24) is 0 Å². The molecule has 0 aliphatic heterocycles. The Morgan fingerprint density at radius 3 is 1.93 bits per heavy atom. The van der Waals surface area contributed by atoms with Crippen LogP contribution in [0.4, 0.5) is 5.69 Å². The lowest BCUT2D eigenvalue weighted by Crippen LogP contribution is -2.12. The highest BCUT2D eigenvalue weighted by Gasteiger charge is 2.05. The second-order valence-corrected chi connectivity index (χ2v) is 6.43. The zero-order chi connectivity index (χ0) is 20.5. The fraction of sp³-hybridized carbons (Fsp3) is 0.208. The number of aryl methyl sites for hydroxylation is 1. The van der Waals surface area contributed by atoms with Gasteiger partial charge >= 0.3 is 0 Å². The Hall–Kier alpha value is -3.47. The van der Waals surface area contributed by atoms with E-state index in [-0.39, 0.29) is 5.91 Å². The topological polar surface area (TPSA) is 56.8 Å². The highest BCUT2D eigenvalue weighted by Crippen LogP contribution is 2.25. The number of ether oxygens (including phenoxy) is 3. The summed E-state index contributed by atoms with van der Waals surface area (Å²) in [6.45, 7) is 2.58. The van der Waals surface area contributed by atoms with Crippen molar-refractivity contribution in [3.8, 4) is 23.0 Å². The van der Waals surface area contributed by atoms with E-state index in [1.807, 2.05) is 79.7 Å². The van der Waals surface area contributed by atoms with Crippen LogP contribution in [0, 0.1) is 0 Å². The monoisotopic (exact) mass is 391 g/mol. The molecule has 5 nitrogen and oxygen atoms in total. The summed E-state index contributed by atoms with van der Waals surface area (Å²) in [5.41, 5.74) is 1.84. The molecule has 0 unspecified atom stereocenters. The maximum atomic E-state index is 12.2. The maximum absolute atomic E-state index is 12.2. The number of rotatable bonds is 9. The summed E-state index contributed by atoms with van der Waals surface area (Å²) < 4.78 is 16.4. The lowest BCUT2D eigenvalue weighted by atomic mass is 10.1. The largest absolute Gasteiger partial charge is 0.497 e. The van der Waals surface area contributed by atoms with Crippen LogP contribution in [0.2, 0.25) is 0 Å². The molecule has 1 amide bonds. The molecular weight excluding hydrogens is 366 g/mol. The molecule has 0 bridgehead atoms. The molecule has 0 heterocycles. The predicted octanol–water partition coefficient (Wildman–Crippen LogP) is 5.46. The van der Waals surface area contributed by atoms with Crippen molar-refractivity contribution in [2.45, 2.75) is 19.8 Å². The van der Waals surface area contributed by atoms with Gasteiger partial charge in [-0.25, -0.2) is 0 Å². The summed E-state index contributed by atoms with van der Waals surface area (Å²) in [6, 6.07) is 22.5. The number of anilines is 1. The first-order chi connectivity index (χ1) is 14.2. The molecule has 3 rings (SSSR count). The molecule has 0 aliphatic carbocycles. The van der Waals surface area contributed by atoms with Gasteiger partial charge in [-0.05, 0) is 79.6 Å². The van der Waals surface area contributed by atoms with E-state index in [1.54, 1.807) is 7.11 Å². The molecule has 0 aliphatic rings. The normalized spacial score (nSPS) is 10.3. The molecule has 0 saturated carbocycles. The number of carbonyl (C=O) groups excluding carboxylic acids is 1. The molecule has 150 valence electrons. The summed E-state index contributed by atoms with van der Waals surface area (Å²) >= 11 is 0. The Balaban J connectivity index is 1.48. The molecule has 29 heavy (non-hydrogen) atoms. The van der Waals surface area contributed by atoms with Crippen LogP contribution < -0.4 is 19.5 Å². The molecule has 3 aromatic rings.